The molecule has 112 valence electrons. The van der Waals surface area contributed by atoms with Crippen LogP contribution >= 0.6 is 0 Å². The quantitative estimate of drug-likeness (QED) is 0.868. The highest BCUT2D eigenvalue weighted by Gasteiger charge is 2.26. The molecule has 2 aromatic heterocycles. The lowest BCUT2D eigenvalue weighted by Gasteiger charge is -2.33. The van der Waals surface area contributed by atoms with E-state index in [4.69, 9.17) is 5.73 Å². The van der Waals surface area contributed by atoms with Crippen molar-refractivity contribution in [3.63, 3.8) is 0 Å². The second kappa shape index (κ2) is 5.31. The SMILES string of the molecule is Cc1nc([C@@H]2CCCN(c3nc(N)nc(C)c3C)C2)n[nH]1. The van der Waals surface area contributed by atoms with Gasteiger partial charge >= 0.3 is 0 Å². The van der Waals surface area contributed by atoms with E-state index in [9.17, 15) is 0 Å². The fourth-order valence-corrected chi connectivity index (χ4v) is 2.87. The van der Waals surface area contributed by atoms with Crippen LogP contribution in [-0.4, -0.2) is 38.2 Å². The average Bonchev–Trinajstić information content (AvgIpc) is 2.89. The molecular weight excluding hydrogens is 266 g/mol. The first-order valence-corrected chi connectivity index (χ1v) is 7.29. The van der Waals surface area contributed by atoms with Gasteiger partial charge in [0, 0.05) is 30.3 Å². The van der Waals surface area contributed by atoms with E-state index < -0.39 is 0 Å². The topological polar surface area (TPSA) is 96.6 Å². The van der Waals surface area contributed by atoms with Gasteiger partial charge in [-0.05, 0) is 33.6 Å². The molecule has 1 fully saturated rings. The summed E-state index contributed by atoms with van der Waals surface area (Å²) < 4.78 is 0. The number of anilines is 2. The first-order valence-electron chi connectivity index (χ1n) is 7.29. The number of aromatic amines is 1. The normalized spacial score (nSPS) is 19.0. The van der Waals surface area contributed by atoms with Gasteiger partial charge in [-0.2, -0.15) is 10.1 Å². The van der Waals surface area contributed by atoms with Gasteiger partial charge in [-0.1, -0.05) is 0 Å². The summed E-state index contributed by atoms with van der Waals surface area (Å²) in [5.41, 5.74) is 7.84. The van der Waals surface area contributed by atoms with Gasteiger partial charge in [0.25, 0.3) is 0 Å². The van der Waals surface area contributed by atoms with Crippen LogP contribution in [0.2, 0.25) is 0 Å². The van der Waals surface area contributed by atoms with Gasteiger partial charge in [0.1, 0.15) is 11.6 Å². The Labute approximate surface area is 124 Å². The number of aromatic nitrogens is 5. The molecule has 21 heavy (non-hydrogen) atoms. The molecule has 0 saturated carbocycles. The highest BCUT2D eigenvalue weighted by atomic mass is 15.2. The van der Waals surface area contributed by atoms with Crippen LogP contribution in [0.4, 0.5) is 11.8 Å². The summed E-state index contributed by atoms with van der Waals surface area (Å²) in [5, 5.41) is 7.23. The van der Waals surface area contributed by atoms with E-state index in [2.05, 4.69) is 30.0 Å². The molecule has 7 heteroatoms. The maximum absolute atomic E-state index is 5.81. The predicted molar refractivity (Wildman–Crippen MR) is 81.2 cm³/mol. The monoisotopic (exact) mass is 287 g/mol. The van der Waals surface area contributed by atoms with Crippen molar-refractivity contribution >= 4 is 11.8 Å². The second-order valence-electron chi connectivity index (χ2n) is 5.68. The molecular formula is C14H21N7. The molecule has 7 nitrogen and oxygen atoms in total. The Morgan fingerprint density at radius 2 is 2.00 bits per heavy atom. The minimum Gasteiger partial charge on any atom is -0.368 e. The molecule has 1 aliphatic heterocycles. The minimum atomic E-state index is 0.333. The van der Waals surface area contributed by atoms with Crippen molar-refractivity contribution in [2.24, 2.45) is 0 Å². The van der Waals surface area contributed by atoms with E-state index in [-0.39, 0.29) is 0 Å². The minimum absolute atomic E-state index is 0.333. The van der Waals surface area contributed by atoms with Gasteiger partial charge in [-0.15, -0.1) is 0 Å². The number of rotatable bonds is 2. The summed E-state index contributed by atoms with van der Waals surface area (Å²) in [6.07, 6.45) is 2.20. The van der Waals surface area contributed by atoms with E-state index in [1.165, 1.54) is 0 Å². The largest absolute Gasteiger partial charge is 0.368 e. The fraction of sp³-hybridized carbons (Fsp3) is 0.571. The molecule has 0 aromatic carbocycles. The molecule has 0 radical (unpaired) electrons. The Balaban J connectivity index is 1.86. The molecule has 0 bridgehead atoms. The predicted octanol–water partition coefficient (Wildman–Crippen LogP) is 1.49. The van der Waals surface area contributed by atoms with Crippen molar-refractivity contribution in [1.82, 2.24) is 25.1 Å². The summed E-state index contributed by atoms with van der Waals surface area (Å²) in [7, 11) is 0. The molecule has 1 atom stereocenters. The van der Waals surface area contributed by atoms with Crippen LogP contribution in [0.25, 0.3) is 0 Å². The van der Waals surface area contributed by atoms with Crippen LogP contribution in [0.1, 0.15) is 41.7 Å². The van der Waals surface area contributed by atoms with Crippen LogP contribution in [0.15, 0.2) is 0 Å². The number of piperidine rings is 1. The summed E-state index contributed by atoms with van der Waals surface area (Å²) in [5.74, 6) is 3.37. The number of H-pyrrole nitrogens is 1. The zero-order valence-electron chi connectivity index (χ0n) is 12.7. The summed E-state index contributed by atoms with van der Waals surface area (Å²) in [6, 6.07) is 0. The third kappa shape index (κ3) is 2.68. The van der Waals surface area contributed by atoms with Gasteiger partial charge in [0.15, 0.2) is 5.82 Å². The number of hydrogen-bond donors (Lipinski definition) is 2. The van der Waals surface area contributed by atoms with Crippen molar-refractivity contribution in [1.29, 1.82) is 0 Å². The Hall–Kier alpha value is -2.18. The number of nitrogens with zero attached hydrogens (tertiary/aromatic N) is 5. The van der Waals surface area contributed by atoms with Gasteiger partial charge < -0.3 is 10.6 Å². The average molecular weight is 287 g/mol. The first-order chi connectivity index (χ1) is 10.0. The number of hydrogen-bond acceptors (Lipinski definition) is 6. The third-order valence-corrected chi connectivity index (χ3v) is 4.08. The Morgan fingerprint density at radius 3 is 2.71 bits per heavy atom. The Bertz CT molecular complexity index is 649. The second-order valence-corrected chi connectivity index (χ2v) is 5.68. The van der Waals surface area contributed by atoms with E-state index in [0.717, 1.165) is 54.7 Å². The zero-order chi connectivity index (χ0) is 15.0. The molecule has 1 saturated heterocycles. The highest BCUT2D eigenvalue weighted by Crippen LogP contribution is 2.29. The van der Waals surface area contributed by atoms with Crippen LogP contribution in [0.5, 0.6) is 0 Å². The van der Waals surface area contributed by atoms with Gasteiger partial charge in [0.2, 0.25) is 5.95 Å². The van der Waals surface area contributed by atoms with Crippen LogP contribution in [0, 0.1) is 20.8 Å². The van der Waals surface area contributed by atoms with Gasteiger partial charge in [-0.3, -0.25) is 5.10 Å². The molecule has 0 spiro atoms. The van der Waals surface area contributed by atoms with Crippen molar-refractivity contribution < 1.29 is 0 Å². The molecule has 0 amide bonds. The molecule has 3 N–H and O–H groups in total. The zero-order valence-corrected chi connectivity index (χ0v) is 12.7. The van der Waals surface area contributed by atoms with Crippen molar-refractivity contribution in [3.8, 4) is 0 Å². The van der Waals surface area contributed by atoms with E-state index in [1.807, 2.05) is 20.8 Å². The molecule has 1 aliphatic rings. The Kier molecular flexibility index (Phi) is 3.48. The number of aryl methyl sites for hydroxylation is 2. The van der Waals surface area contributed by atoms with Crippen molar-refractivity contribution in [2.45, 2.75) is 39.5 Å². The van der Waals surface area contributed by atoms with E-state index in [1.54, 1.807) is 0 Å². The van der Waals surface area contributed by atoms with Gasteiger partial charge in [-0.25, -0.2) is 9.97 Å². The third-order valence-electron chi connectivity index (χ3n) is 4.08. The van der Waals surface area contributed by atoms with Crippen LogP contribution in [-0.2, 0) is 0 Å². The van der Waals surface area contributed by atoms with Gasteiger partial charge in [0.05, 0.1) is 0 Å². The van der Waals surface area contributed by atoms with Crippen LogP contribution in [0.3, 0.4) is 0 Å². The van der Waals surface area contributed by atoms with Crippen LogP contribution < -0.4 is 10.6 Å². The smallest absolute Gasteiger partial charge is 0.222 e. The lowest BCUT2D eigenvalue weighted by atomic mass is 9.97. The summed E-state index contributed by atoms with van der Waals surface area (Å²) in [6.45, 7) is 7.79. The first kappa shape index (κ1) is 13.8. The van der Waals surface area contributed by atoms with E-state index >= 15 is 0 Å². The molecule has 3 heterocycles. The van der Waals surface area contributed by atoms with Crippen molar-refractivity contribution in [2.75, 3.05) is 23.7 Å². The van der Waals surface area contributed by atoms with E-state index in [0.29, 0.717) is 11.9 Å². The molecule has 3 rings (SSSR count). The molecule has 2 aromatic rings. The Morgan fingerprint density at radius 1 is 1.19 bits per heavy atom. The number of nitrogen functional groups attached to an aromatic ring is 1. The maximum Gasteiger partial charge on any atom is 0.222 e. The lowest BCUT2D eigenvalue weighted by molar-refractivity contribution is 0.489. The fourth-order valence-electron chi connectivity index (χ4n) is 2.87. The summed E-state index contributed by atoms with van der Waals surface area (Å²) in [4.78, 5) is 15.4. The summed E-state index contributed by atoms with van der Waals surface area (Å²) >= 11 is 0. The number of nitrogens with one attached hydrogen (secondary N) is 1. The standard InChI is InChI=1S/C14H21N7/c1-8-9(2)16-14(15)18-13(8)21-6-4-5-11(7-21)12-17-10(3)19-20-12/h11H,4-7H2,1-3H3,(H2,15,16,18)(H,17,19,20)/t11-/m1/s1. The highest BCUT2D eigenvalue weighted by molar-refractivity contribution is 5.51. The van der Waals surface area contributed by atoms with Crippen molar-refractivity contribution in [3.05, 3.63) is 22.9 Å². The molecule has 0 unspecified atom stereocenters. The maximum atomic E-state index is 5.81. The lowest BCUT2D eigenvalue weighted by Crippen LogP contribution is -2.36. The molecule has 0 aliphatic carbocycles. The number of nitrogens with two attached hydrogens (primary N) is 1.